The normalized spacial score (nSPS) is 11.7. The summed E-state index contributed by atoms with van der Waals surface area (Å²) in [6, 6.07) is 11.5. The van der Waals surface area contributed by atoms with Gasteiger partial charge in [0.2, 0.25) is 0 Å². The Bertz CT molecular complexity index is 1810. The maximum atomic E-state index is 13.5. The second kappa shape index (κ2) is 9.78. The SMILES string of the molecule is CS(=O)(=O)c1ccc2nc(-c3ccc(F)cc3)c(C(=N)/C=C\c3ncc(NC(=O)c4ccncc4)[nH]3)n2n1. The third-order valence-corrected chi connectivity index (χ3v) is 6.38. The van der Waals surface area contributed by atoms with Gasteiger partial charge in [0.25, 0.3) is 5.91 Å². The highest BCUT2D eigenvalue weighted by Crippen LogP contribution is 2.26. The summed E-state index contributed by atoms with van der Waals surface area (Å²) in [5.74, 6) is -0.0844. The van der Waals surface area contributed by atoms with Crippen LogP contribution in [0.4, 0.5) is 10.2 Å². The van der Waals surface area contributed by atoms with Gasteiger partial charge in [0.15, 0.2) is 20.5 Å². The third kappa shape index (κ3) is 5.08. The van der Waals surface area contributed by atoms with Crippen molar-refractivity contribution in [3.05, 3.63) is 96.1 Å². The van der Waals surface area contributed by atoms with Crippen LogP contribution in [0.1, 0.15) is 21.9 Å². The molecular weight excluding hydrogens is 511 g/mol. The van der Waals surface area contributed by atoms with Gasteiger partial charge in [0, 0.05) is 29.8 Å². The number of aromatic nitrogens is 6. The first-order valence-electron chi connectivity index (χ1n) is 11.1. The van der Waals surface area contributed by atoms with Gasteiger partial charge in [-0.3, -0.25) is 15.2 Å². The van der Waals surface area contributed by atoms with Crippen LogP contribution in [0, 0.1) is 11.2 Å². The van der Waals surface area contributed by atoms with Crippen molar-refractivity contribution in [2.24, 2.45) is 0 Å². The van der Waals surface area contributed by atoms with Crippen molar-refractivity contribution in [3.63, 3.8) is 0 Å². The summed E-state index contributed by atoms with van der Waals surface area (Å²) in [4.78, 5) is 27.9. The third-order valence-electron chi connectivity index (χ3n) is 5.40. The monoisotopic (exact) mass is 530 g/mol. The van der Waals surface area contributed by atoms with Crippen LogP contribution in [0.15, 0.2) is 78.2 Å². The standard InChI is InChI=1S/C25H19FN8O3S/c1-38(36,37)22-9-8-21-32-23(15-2-4-17(26)5-3-15)24(34(21)33-22)18(27)6-7-19-29-14-20(30-19)31-25(35)16-10-12-28-13-11-16/h2-14,27H,1H3,(H,29,30)(H,31,35)/b7-6-,27-18?. The fourth-order valence-corrected chi connectivity index (χ4v) is 4.13. The highest BCUT2D eigenvalue weighted by molar-refractivity contribution is 7.90. The van der Waals surface area contributed by atoms with E-state index >= 15 is 0 Å². The number of H-pyrrole nitrogens is 1. The number of anilines is 1. The average molecular weight is 531 g/mol. The number of hydrogen-bond acceptors (Lipinski definition) is 8. The van der Waals surface area contributed by atoms with E-state index in [9.17, 15) is 17.6 Å². The van der Waals surface area contributed by atoms with Crippen molar-refractivity contribution in [1.29, 1.82) is 5.41 Å². The Balaban J connectivity index is 1.48. The number of benzene rings is 1. The maximum absolute atomic E-state index is 13.5. The molecule has 0 saturated carbocycles. The van der Waals surface area contributed by atoms with E-state index in [1.54, 1.807) is 12.1 Å². The summed E-state index contributed by atoms with van der Waals surface area (Å²) in [5.41, 5.74) is 1.71. The smallest absolute Gasteiger partial charge is 0.256 e. The molecule has 0 bridgehead atoms. The molecule has 0 spiro atoms. The number of nitrogens with zero attached hydrogens (tertiary/aromatic N) is 5. The highest BCUT2D eigenvalue weighted by atomic mass is 32.2. The zero-order chi connectivity index (χ0) is 26.9. The summed E-state index contributed by atoms with van der Waals surface area (Å²) < 4.78 is 39.0. The van der Waals surface area contributed by atoms with Gasteiger partial charge in [-0.2, -0.15) is 5.10 Å². The Labute approximate surface area is 215 Å². The number of carbonyl (C=O) groups is 1. The van der Waals surface area contributed by atoms with E-state index in [-0.39, 0.29) is 22.3 Å². The molecular formula is C25H19FN8O3S. The topological polar surface area (TPSA) is 159 Å². The molecule has 0 aliphatic carbocycles. The van der Waals surface area contributed by atoms with Crippen LogP contribution in [0.25, 0.3) is 23.0 Å². The first kappa shape index (κ1) is 24.6. The van der Waals surface area contributed by atoms with Gasteiger partial charge in [-0.15, -0.1) is 0 Å². The lowest BCUT2D eigenvalue weighted by Gasteiger charge is -2.05. The predicted molar refractivity (Wildman–Crippen MR) is 138 cm³/mol. The number of rotatable bonds is 7. The molecule has 0 atom stereocenters. The molecule has 13 heteroatoms. The van der Waals surface area contributed by atoms with Crippen molar-refractivity contribution in [1.82, 2.24) is 29.5 Å². The molecule has 0 aliphatic heterocycles. The Morgan fingerprint density at radius 3 is 2.55 bits per heavy atom. The molecule has 38 heavy (non-hydrogen) atoms. The van der Waals surface area contributed by atoms with Gasteiger partial charge in [0.1, 0.15) is 28.8 Å². The molecule has 3 N–H and O–H groups in total. The molecule has 4 aromatic heterocycles. The second-order valence-electron chi connectivity index (χ2n) is 8.15. The number of pyridine rings is 1. The van der Waals surface area contributed by atoms with E-state index in [1.807, 2.05) is 0 Å². The van der Waals surface area contributed by atoms with Gasteiger partial charge in [-0.05, 0) is 60.7 Å². The van der Waals surface area contributed by atoms with Crippen molar-refractivity contribution >= 4 is 39.0 Å². The van der Waals surface area contributed by atoms with E-state index in [4.69, 9.17) is 5.41 Å². The molecule has 0 fully saturated rings. The predicted octanol–water partition coefficient (Wildman–Crippen LogP) is 3.39. The second-order valence-corrected chi connectivity index (χ2v) is 10.1. The van der Waals surface area contributed by atoms with Crippen LogP contribution < -0.4 is 5.32 Å². The first-order valence-corrected chi connectivity index (χ1v) is 13.0. The number of fused-ring (bicyclic) bond motifs is 1. The number of carbonyl (C=O) groups excluding carboxylic acids is 1. The fraction of sp³-hybridized carbons (Fsp3) is 0.0400. The Morgan fingerprint density at radius 1 is 1.11 bits per heavy atom. The lowest BCUT2D eigenvalue weighted by Crippen LogP contribution is -2.12. The molecule has 1 aromatic carbocycles. The molecule has 4 heterocycles. The number of amides is 1. The van der Waals surface area contributed by atoms with Gasteiger partial charge in [0.05, 0.1) is 11.9 Å². The van der Waals surface area contributed by atoms with Crippen LogP contribution in [-0.2, 0) is 9.84 Å². The minimum atomic E-state index is -3.63. The van der Waals surface area contributed by atoms with Crippen molar-refractivity contribution in [3.8, 4) is 11.3 Å². The number of halogens is 1. The number of allylic oxidation sites excluding steroid dienone is 1. The number of aromatic amines is 1. The lowest BCUT2D eigenvalue weighted by atomic mass is 10.1. The number of imidazole rings is 2. The minimum absolute atomic E-state index is 0.0613. The van der Waals surface area contributed by atoms with Crippen molar-refractivity contribution in [2.75, 3.05) is 11.6 Å². The van der Waals surface area contributed by atoms with E-state index in [0.717, 1.165) is 6.26 Å². The van der Waals surface area contributed by atoms with Gasteiger partial charge in [-0.1, -0.05) is 0 Å². The molecule has 0 aliphatic rings. The zero-order valence-electron chi connectivity index (χ0n) is 19.8. The van der Waals surface area contributed by atoms with E-state index in [0.29, 0.717) is 34.1 Å². The number of hydrogen-bond donors (Lipinski definition) is 3. The lowest BCUT2D eigenvalue weighted by molar-refractivity contribution is 0.102. The Hall–Kier alpha value is -5.04. The van der Waals surface area contributed by atoms with Crippen molar-refractivity contribution < 1.29 is 17.6 Å². The van der Waals surface area contributed by atoms with Crippen molar-refractivity contribution in [2.45, 2.75) is 5.03 Å². The van der Waals surface area contributed by atoms with Crippen LogP contribution in [0.3, 0.4) is 0 Å². The van der Waals surface area contributed by atoms with Gasteiger partial charge < -0.3 is 10.3 Å². The molecule has 1 amide bonds. The maximum Gasteiger partial charge on any atom is 0.256 e. The minimum Gasteiger partial charge on any atom is -0.325 e. The molecule has 0 saturated heterocycles. The average Bonchev–Trinajstić information content (AvgIpc) is 3.51. The van der Waals surface area contributed by atoms with E-state index in [1.165, 1.54) is 71.7 Å². The summed E-state index contributed by atoms with van der Waals surface area (Å²) in [5, 5.41) is 15.4. The molecule has 5 aromatic rings. The summed E-state index contributed by atoms with van der Waals surface area (Å²) >= 11 is 0. The zero-order valence-corrected chi connectivity index (χ0v) is 20.6. The molecule has 11 nitrogen and oxygen atoms in total. The fourth-order valence-electron chi connectivity index (χ4n) is 3.59. The summed E-state index contributed by atoms with van der Waals surface area (Å²) in [6.45, 7) is 0. The quantitative estimate of drug-likeness (QED) is 0.272. The molecule has 190 valence electrons. The largest absolute Gasteiger partial charge is 0.325 e. The molecule has 5 rings (SSSR count). The van der Waals surface area contributed by atoms with Crippen LogP contribution in [0.2, 0.25) is 0 Å². The number of sulfone groups is 1. The van der Waals surface area contributed by atoms with Crippen LogP contribution in [0.5, 0.6) is 0 Å². The Kier molecular flexibility index (Phi) is 6.34. The summed E-state index contributed by atoms with van der Waals surface area (Å²) in [7, 11) is -3.63. The number of nitrogens with one attached hydrogen (secondary N) is 3. The Morgan fingerprint density at radius 2 is 1.84 bits per heavy atom. The van der Waals surface area contributed by atoms with Crippen LogP contribution in [-0.4, -0.2) is 55.8 Å². The van der Waals surface area contributed by atoms with E-state index in [2.05, 4.69) is 30.4 Å². The van der Waals surface area contributed by atoms with Gasteiger partial charge in [-0.25, -0.2) is 27.3 Å². The van der Waals surface area contributed by atoms with Crippen LogP contribution >= 0.6 is 0 Å². The highest BCUT2D eigenvalue weighted by Gasteiger charge is 2.20. The van der Waals surface area contributed by atoms with E-state index < -0.39 is 15.7 Å². The molecule has 0 radical (unpaired) electrons. The summed E-state index contributed by atoms with van der Waals surface area (Å²) in [6.07, 6.45) is 8.43. The first-order chi connectivity index (χ1) is 18.2. The molecule has 0 unspecified atom stereocenters. The van der Waals surface area contributed by atoms with Gasteiger partial charge >= 0.3 is 0 Å².